The summed E-state index contributed by atoms with van der Waals surface area (Å²) in [5.74, 6) is -0.139. The van der Waals surface area contributed by atoms with Crippen molar-refractivity contribution in [3.63, 3.8) is 0 Å². The first-order chi connectivity index (χ1) is 10.0. The van der Waals surface area contributed by atoms with Gasteiger partial charge in [0.2, 0.25) is 11.2 Å². The predicted molar refractivity (Wildman–Crippen MR) is 82.4 cm³/mol. The van der Waals surface area contributed by atoms with Crippen LogP contribution in [0.15, 0.2) is 0 Å². The van der Waals surface area contributed by atoms with E-state index in [0.717, 1.165) is 19.4 Å². The minimum Gasteiger partial charge on any atom is -0.370 e. The van der Waals surface area contributed by atoms with Crippen molar-refractivity contribution in [2.75, 3.05) is 18.4 Å². The molecule has 0 aliphatic carbocycles. The lowest BCUT2D eigenvalue weighted by Crippen LogP contribution is -2.26. The molecular formula is C13H22ClN5O2. The number of halogens is 1. The van der Waals surface area contributed by atoms with E-state index in [0.29, 0.717) is 37.3 Å². The van der Waals surface area contributed by atoms with Gasteiger partial charge < -0.3 is 21.4 Å². The van der Waals surface area contributed by atoms with E-state index in [9.17, 15) is 9.59 Å². The van der Waals surface area contributed by atoms with Gasteiger partial charge in [-0.1, -0.05) is 13.3 Å². The Morgan fingerprint density at radius 1 is 1.29 bits per heavy atom. The fraction of sp³-hybridized carbons (Fsp3) is 0.615. The molecule has 0 unspecified atom stereocenters. The van der Waals surface area contributed by atoms with Gasteiger partial charge in [-0.15, -0.1) is 0 Å². The minimum absolute atomic E-state index is 0.174. The zero-order valence-electron chi connectivity index (χ0n) is 12.2. The number of amides is 2. The van der Waals surface area contributed by atoms with Crippen molar-refractivity contribution in [1.82, 2.24) is 15.3 Å². The number of nitrogens with one attached hydrogen (secondary N) is 3. The number of carbonyl (C=O) groups is 2. The summed E-state index contributed by atoms with van der Waals surface area (Å²) in [6.07, 6.45) is 3.71. The summed E-state index contributed by atoms with van der Waals surface area (Å²) in [5, 5.41) is 6.01. The van der Waals surface area contributed by atoms with E-state index in [1.165, 1.54) is 0 Å². The van der Waals surface area contributed by atoms with Crippen molar-refractivity contribution in [1.29, 1.82) is 0 Å². The molecule has 0 bridgehead atoms. The van der Waals surface area contributed by atoms with E-state index < -0.39 is 0 Å². The number of aromatic amines is 1. The highest BCUT2D eigenvalue weighted by Crippen LogP contribution is 2.15. The van der Waals surface area contributed by atoms with Crippen LogP contribution < -0.4 is 16.4 Å². The first-order valence-corrected chi connectivity index (χ1v) is 7.48. The number of carbonyl (C=O) groups excluding carboxylic acids is 2. The molecule has 0 aromatic carbocycles. The van der Waals surface area contributed by atoms with Crippen molar-refractivity contribution in [3.8, 4) is 0 Å². The lowest BCUT2D eigenvalue weighted by atomic mass is 10.2. The van der Waals surface area contributed by atoms with Crippen molar-refractivity contribution in [2.24, 2.45) is 5.73 Å². The van der Waals surface area contributed by atoms with Crippen LogP contribution in [0.2, 0.25) is 5.28 Å². The minimum atomic E-state index is -0.330. The Bertz CT molecular complexity index is 475. The van der Waals surface area contributed by atoms with E-state index in [4.69, 9.17) is 17.3 Å². The van der Waals surface area contributed by atoms with Gasteiger partial charge >= 0.3 is 0 Å². The summed E-state index contributed by atoms with van der Waals surface area (Å²) < 4.78 is 0. The molecule has 1 aromatic rings. The molecule has 5 N–H and O–H groups in total. The maximum atomic E-state index is 12.0. The molecule has 1 aromatic heterocycles. The number of nitrogens with two attached hydrogens (primary N) is 1. The monoisotopic (exact) mass is 315 g/mol. The number of nitrogens with zero attached hydrogens (tertiary/aromatic N) is 1. The average molecular weight is 316 g/mol. The zero-order chi connectivity index (χ0) is 15.7. The molecule has 0 atom stereocenters. The van der Waals surface area contributed by atoms with E-state index in [1.54, 1.807) is 0 Å². The molecule has 0 radical (unpaired) electrons. The smallest absolute Gasteiger partial charge is 0.271 e. The molecule has 0 fully saturated rings. The highest BCUT2D eigenvalue weighted by atomic mass is 35.5. The standard InChI is InChI=1S/C13H22ClN5O2/c1-2-3-7-16-11-10(18-13(14)19-11)12(21)17-8-5-4-6-9(15)20/h16H,2-8H2,1H3,(H2,15,20)(H,17,21)(H,18,19). The highest BCUT2D eigenvalue weighted by Gasteiger charge is 2.16. The normalized spacial score (nSPS) is 10.4. The summed E-state index contributed by atoms with van der Waals surface area (Å²) in [4.78, 5) is 29.4. The van der Waals surface area contributed by atoms with E-state index in [2.05, 4.69) is 27.5 Å². The summed E-state index contributed by atoms with van der Waals surface area (Å²) in [5.41, 5.74) is 5.37. The Hall–Kier alpha value is -1.76. The maximum absolute atomic E-state index is 12.0. The van der Waals surface area contributed by atoms with Gasteiger partial charge in [0.1, 0.15) is 5.69 Å². The second kappa shape index (κ2) is 9.23. The van der Waals surface area contributed by atoms with Crippen LogP contribution in [0.25, 0.3) is 0 Å². The molecule has 21 heavy (non-hydrogen) atoms. The number of imidazole rings is 1. The Kier molecular flexibility index (Phi) is 7.60. The topological polar surface area (TPSA) is 113 Å². The van der Waals surface area contributed by atoms with Gasteiger partial charge in [-0.25, -0.2) is 4.98 Å². The number of aromatic nitrogens is 2. The van der Waals surface area contributed by atoms with Crippen molar-refractivity contribution < 1.29 is 9.59 Å². The van der Waals surface area contributed by atoms with Gasteiger partial charge in [-0.05, 0) is 30.9 Å². The summed E-state index contributed by atoms with van der Waals surface area (Å²) >= 11 is 5.80. The van der Waals surface area contributed by atoms with Crippen LogP contribution in [-0.4, -0.2) is 34.9 Å². The zero-order valence-corrected chi connectivity index (χ0v) is 12.9. The molecule has 0 saturated carbocycles. The molecule has 1 rings (SSSR count). The van der Waals surface area contributed by atoms with Gasteiger partial charge in [-0.3, -0.25) is 9.59 Å². The number of H-pyrrole nitrogens is 1. The van der Waals surface area contributed by atoms with E-state index in [1.807, 2.05) is 0 Å². The molecule has 0 spiro atoms. The van der Waals surface area contributed by atoms with Gasteiger partial charge in [-0.2, -0.15) is 0 Å². The fourth-order valence-corrected chi connectivity index (χ4v) is 1.91. The van der Waals surface area contributed by atoms with Gasteiger partial charge in [0.05, 0.1) is 0 Å². The lowest BCUT2D eigenvalue weighted by molar-refractivity contribution is -0.118. The lowest BCUT2D eigenvalue weighted by Gasteiger charge is -2.06. The second-order valence-electron chi connectivity index (χ2n) is 4.71. The Labute approximate surface area is 129 Å². The molecule has 0 aliphatic heterocycles. The Balaban J connectivity index is 2.43. The van der Waals surface area contributed by atoms with Crippen molar-refractivity contribution in [2.45, 2.75) is 39.0 Å². The molecule has 2 amide bonds. The number of hydrogen-bond donors (Lipinski definition) is 4. The summed E-state index contributed by atoms with van der Waals surface area (Å²) in [7, 11) is 0. The summed E-state index contributed by atoms with van der Waals surface area (Å²) in [6.45, 7) is 3.28. The van der Waals surface area contributed by atoms with Crippen LogP contribution in [0.1, 0.15) is 49.5 Å². The van der Waals surface area contributed by atoms with E-state index in [-0.39, 0.29) is 17.1 Å². The van der Waals surface area contributed by atoms with Gasteiger partial charge in [0.15, 0.2) is 5.82 Å². The van der Waals surface area contributed by atoms with Crippen LogP contribution >= 0.6 is 11.6 Å². The average Bonchev–Trinajstić information content (AvgIpc) is 2.79. The molecule has 118 valence electrons. The Morgan fingerprint density at radius 3 is 2.71 bits per heavy atom. The number of primary amides is 1. The molecular weight excluding hydrogens is 294 g/mol. The van der Waals surface area contributed by atoms with E-state index >= 15 is 0 Å². The second-order valence-corrected chi connectivity index (χ2v) is 5.07. The number of anilines is 1. The molecule has 8 heteroatoms. The third-order valence-electron chi connectivity index (χ3n) is 2.86. The third-order valence-corrected chi connectivity index (χ3v) is 3.04. The molecule has 0 aliphatic rings. The largest absolute Gasteiger partial charge is 0.370 e. The predicted octanol–water partition coefficient (Wildman–Crippen LogP) is 1.66. The number of unbranched alkanes of at least 4 members (excludes halogenated alkanes) is 2. The van der Waals surface area contributed by atoms with Gasteiger partial charge in [0.25, 0.3) is 5.91 Å². The fourth-order valence-electron chi connectivity index (χ4n) is 1.73. The number of rotatable bonds is 10. The van der Waals surface area contributed by atoms with Crippen LogP contribution in [0.4, 0.5) is 5.82 Å². The first kappa shape index (κ1) is 17.3. The van der Waals surface area contributed by atoms with Crippen LogP contribution in [0.3, 0.4) is 0 Å². The summed E-state index contributed by atoms with van der Waals surface area (Å²) in [6, 6.07) is 0. The van der Waals surface area contributed by atoms with Crippen LogP contribution in [0.5, 0.6) is 0 Å². The molecule has 0 saturated heterocycles. The van der Waals surface area contributed by atoms with Crippen molar-refractivity contribution >= 4 is 29.2 Å². The first-order valence-electron chi connectivity index (χ1n) is 7.10. The van der Waals surface area contributed by atoms with Crippen LogP contribution in [-0.2, 0) is 4.79 Å². The number of hydrogen-bond acceptors (Lipinski definition) is 4. The Morgan fingerprint density at radius 2 is 2.05 bits per heavy atom. The van der Waals surface area contributed by atoms with Crippen molar-refractivity contribution in [3.05, 3.63) is 11.0 Å². The third kappa shape index (κ3) is 6.48. The highest BCUT2D eigenvalue weighted by molar-refractivity contribution is 6.28. The van der Waals surface area contributed by atoms with Crippen LogP contribution in [0, 0.1) is 0 Å². The maximum Gasteiger partial charge on any atom is 0.271 e. The SMILES string of the molecule is CCCCNc1nc(Cl)[nH]c1C(=O)NCCCCC(N)=O. The quantitative estimate of drug-likeness (QED) is 0.492. The van der Waals surface area contributed by atoms with Gasteiger partial charge in [0, 0.05) is 19.5 Å². The molecule has 7 nitrogen and oxygen atoms in total. The molecule has 1 heterocycles.